The van der Waals surface area contributed by atoms with E-state index < -0.39 is 0 Å². The maximum absolute atomic E-state index is 2.35. The van der Waals surface area contributed by atoms with Crippen LogP contribution < -0.4 is 0 Å². The van der Waals surface area contributed by atoms with Crippen LogP contribution in [0.4, 0.5) is 0 Å². The Morgan fingerprint density at radius 1 is 0.842 bits per heavy atom. The van der Waals surface area contributed by atoms with Gasteiger partial charge >= 0.3 is 0 Å². The molecule has 0 amide bonds. The summed E-state index contributed by atoms with van der Waals surface area (Å²) in [5, 5.41) is 0.898. The molecule has 0 aliphatic heterocycles. The van der Waals surface area contributed by atoms with Gasteiger partial charge in [-0.3, -0.25) is 0 Å². The van der Waals surface area contributed by atoms with Crippen molar-refractivity contribution in [2.24, 2.45) is 5.92 Å². The summed E-state index contributed by atoms with van der Waals surface area (Å²) in [7, 11) is 0. The lowest BCUT2D eigenvalue weighted by Gasteiger charge is -2.14. The van der Waals surface area contributed by atoms with E-state index in [1.807, 2.05) is 0 Å². The first-order valence-electron chi connectivity index (χ1n) is 8.40. The molecule has 0 aromatic rings. The van der Waals surface area contributed by atoms with Crippen LogP contribution in [0, 0.1) is 5.92 Å². The molecule has 0 saturated carbocycles. The number of hydrogen-bond donors (Lipinski definition) is 0. The summed E-state index contributed by atoms with van der Waals surface area (Å²) in [6, 6.07) is 0. The quantitative estimate of drug-likeness (QED) is 0.330. The number of unbranched alkanes of at least 4 members (excludes halogenated alkanes) is 4. The van der Waals surface area contributed by atoms with Crippen LogP contribution in [-0.2, 0) is 0 Å². The fourth-order valence-electron chi connectivity index (χ4n) is 2.05. The van der Waals surface area contributed by atoms with Crippen molar-refractivity contribution in [3.8, 4) is 0 Å². The highest BCUT2D eigenvalue weighted by atomic mass is 32.2. The van der Waals surface area contributed by atoms with E-state index in [1.165, 1.54) is 68.6 Å². The molecule has 0 rings (SSSR count). The molecule has 0 radical (unpaired) electrons. The molecule has 1 unspecified atom stereocenters. The molecule has 0 aromatic carbocycles. The molecule has 0 nitrogen and oxygen atoms in total. The van der Waals surface area contributed by atoms with Crippen molar-refractivity contribution in [2.75, 3.05) is 17.3 Å². The standard InChI is InChI=1S/C17H36S2/c1-5-7-8-9-10-14-19-17(6-2)15-18-13-11-12-16(3)4/h16-17H,5-15H2,1-4H3. The van der Waals surface area contributed by atoms with Gasteiger partial charge in [-0.05, 0) is 36.7 Å². The lowest BCUT2D eigenvalue weighted by atomic mass is 10.1. The SMILES string of the molecule is CCCCCCCSC(CC)CSCCCC(C)C. The molecule has 0 aliphatic carbocycles. The third-order valence-electron chi connectivity index (χ3n) is 3.43. The highest BCUT2D eigenvalue weighted by Crippen LogP contribution is 2.22. The second kappa shape index (κ2) is 15.1. The van der Waals surface area contributed by atoms with Gasteiger partial charge in [-0.2, -0.15) is 23.5 Å². The Labute approximate surface area is 131 Å². The van der Waals surface area contributed by atoms with Gasteiger partial charge < -0.3 is 0 Å². The zero-order chi connectivity index (χ0) is 14.3. The van der Waals surface area contributed by atoms with Gasteiger partial charge in [0.2, 0.25) is 0 Å². The van der Waals surface area contributed by atoms with Gasteiger partial charge in [0.15, 0.2) is 0 Å². The highest BCUT2D eigenvalue weighted by molar-refractivity contribution is 8.03. The van der Waals surface area contributed by atoms with Crippen LogP contribution in [0.15, 0.2) is 0 Å². The van der Waals surface area contributed by atoms with Gasteiger partial charge in [-0.1, -0.05) is 59.8 Å². The van der Waals surface area contributed by atoms with Crippen molar-refractivity contribution in [3.05, 3.63) is 0 Å². The summed E-state index contributed by atoms with van der Waals surface area (Å²) < 4.78 is 0. The molecule has 0 N–H and O–H groups in total. The normalized spacial score (nSPS) is 13.1. The van der Waals surface area contributed by atoms with Crippen molar-refractivity contribution in [1.29, 1.82) is 0 Å². The number of rotatable bonds is 14. The minimum atomic E-state index is 0.875. The lowest BCUT2D eigenvalue weighted by molar-refractivity contribution is 0.579. The summed E-state index contributed by atoms with van der Waals surface area (Å²) in [4.78, 5) is 0. The number of thioether (sulfide) groups is 2. The molecule has 0 saturated heterocycles. The van der Waals surface area contributed by atoms with Crippen LogP contribution >= 0.6 is 23.5 Å². The van der Waals surface area contributed by atoms with Gasteiger partial charge in [-0.15, -0.1) is 0 Å². The Balaban J connectivity index is 3.34. The molecular weight excluding hydrogens is 268 g/mol. The molecule has 2 heteroatoms. The van der Waals surface area contributed by atoms with Crippen LogP contribution in [-0.4, -0.2) is 22.5 Å². The fraction of sp³-hybridized carbons (Fsp3) is 1.00. The molecule has 1 atom stereocenters. The zero-order valence-electron chi connectivity index (χ0n) is 13.7. The zero-order valence-corrected chi connectivity index (χ0v) is 15.4. The van der Waals surface area contributed by atoms with Gasteiger partial charge in [0.05, 0.1) is 0 Å². The lowest BCUT2D eigenvalue weighted by Crippen LogP contribution is -2.06. The highest BCUT2D eigenvalue weighted by Gasteiger charge is 2.06. The molecule has 0 aliphatic rings. The van der Waals surface area contributed by atoms with Crippen molar-refractivity contribution in [1.82, 2.24) is 0 Å². The molecule has 116 valence electrons. The molecule has 0 aromatic heterocycles. The molecular formula is C17H36S2. The van der Waals surface area contributed by atoms with Crippen molar-refractivity contribution in [3.63, 3.8) is 0 Å². The van der Waals surface area contributed by atoms with E-state index in [0.29, 0.717) is 0 Å². The van der Waals surface area contributed by atoms with Crippen LogP contribution in [0.1, 0.15) is 79.1 Å². The van der Waals surface area contributed by atoms with Crippen molar-refractivity contribution < 1.29 is 0 Å². The predicted molar refractivity (Wildman–Crippen MR) is 96.7 cm³/mol. The van der Waals surface area contributed by atoms with Gasteiger partial charge in [0.1, 0.15) is 0 Å². The topological polar surface area (TPSA) is 0 Å². The number of hydrogen-bond acceptors (Lipinski definition) is 2. The summed E-state index contributed by atoms with van der Waals surface area (Å²) in [5.41, 5.74) is 0. The average molecular weight is 305 g/mol. The first-order valence-corrected chi connectivity index (χ1v) is 10.6. The van der Waals surface area contributed by atoms with Crippen LogP contribution in [0.2, 0.25) is 0 Å². The second-order valence-electron chi connectivity index (χ2n) is 5.93. The van der Waals surface area contributed by atoms with E-state index in [9.17, 15) is 0 Å². The van der Waals surface area contributed by atoms with E-state index in [1.54, 1.807) is 0 Å². The van der Waals surface area contributed by atoms with Crippen LogP contribution in [0.3, 0.4) is 0 Å². The minimum Gasteiger partial charge on any atom is -0.161 e. The molecule has 0 spiro atoms. The summed E-state index contributed by atoms with van der Waals surface area (Å²) in [6.07, 6.45) is 11.2. The van der Waals surface area contributed by atoms with Crippen LogP contribution in [0.5, 0.6) is 0 Å². The predicted octanol–water partition coefficient (Wildman–Crippen LogP) is 6.64. The Morgan fingerprint density at radius 2 is 1.58 bits per heavy atom. The maximum Gasteiger partial charge on any atom is 0.0135 e. The minimum absolute atomic E-state index is 0.875. The average Bonchev–Trinajstić information content (AvgIpc) is 2.39. The Bertz CT molecular complexity index is 169. The van der Waals surface area contributed by atoms with Crippen molar-refractivity contribution >= 4 is 23.5 Å². The first-order chi connectivity index (χ1) is 9.20. The van der Waals surface area contributed by atoms with E-state index in [4.69, 9.17) is 0 Å². The van der Waals surface area contributed by atoms with Gasteiger partial charge in [0, 0.05) is 11.0 Å². The van der Waals surface area contributed by atoms with Gasteiger partial charge in [0.25, 0.3) is 0 Å². The smallest absolute Gasteiger partial charge is 0.0135 e. The van der Waals surface area contributed by atoms with E-state index >= 15 is 0 Å². The summed E-state index contributed by atoms with van der Waals surface area (Å²) in [5.74, 6) is 4.99. The van der Waals surface area contributed by atoms with Gasteiger partial charge in [-0.25, -0.2) is 0 Å². The summed E-state index contributed by atoms with van der Waals surface area (Å²) >= 11 is 4.40. The molecule has 0 bridgehead atoms. The Kier molecular flexibility index (Phi) is 15.7. The van der Waals surface area contributed by atoms with Crippen LogP contribution in [0.25, 0.3) is 0 Å². The second-order valence-corrected chi connectivity index (χ2v) is 8.48. The van der Waals surface area contributed by atoms with E-state index in [0.717, 1.165) is 11.2 Å². The van der Waals surface area contributed by atoms with Crippen molar-refractivity contribution in [2.45, 2.75) is 84.3 Å². The van der Waals surface area contributed by atoms with E-state index in [2.05, 4.69) is 51.2 Å². The Morgan fingerprint density at radius 3 is 2.21 bits per heavy atom. The summed E-state index contributed by atoms with van der Waals surface area (Å²) in [6.45, 7) is 9.30. The third kappa shape index (κ3) is 14.9. The third-order valence-corrected chi connectivity index (χ3v) is 6.35. The maximum atomic E-state index is 2.35. The first kappa shape index (κ1) is 19.7. The largest absolute Gasteiger partial charge is 0.161 e. The van der Waals surface area contributed by atoms with E-state index in [-0.39, 0.29) is 0 Å². The fourth-order valence-corrected chi connectivity index (χ4v) is 4.70. The molecule has 0 heterocycles. The molecule has 19 heavy (non-hydrogen) atoms. The monoisotopic (exact) mass is 304 g/mol. The molecule has 0 fully saturated rings. The Hall–Kier alpha value is 0.700.